The van der Waals surface area contributed by atoms with Gasteiger partial charge in [0.25, 0.3) is 11.5 Å². The van der Waals surface area contributed by atoms with Crippen molar-refractivity contribution in [3.63, 3.8) is 0 Å². The third-order valence-corrected chi connectivity index (χ3v) is 8.24. The van der Waals surface area contributed by atoms with Gasteiger partial charge in [0, 0.05) is 10.6 Å². The van der Waals surface area contributed by atoms with Gasteiger partial charge in [0.15, 0.2) is 11.4 Å². The van der Waals surface area contributed by atoms with Crippen LogP contribution in [0.3, 0.4) is 0 Å². The highest BCUT2D eigenvalue weighted by atomic mass is 79.9. The number of carboxylic acids is 1. The van der Waals surface area contributed by atoms with Crippen LogP contribution in [0.4, 0.5) is 5.69 Å². The van der Waals surface area contributed by atoms with Crippen molar-refractivity contribution >= 4 is 62.2 Å². The Bertz CT molecular complexity index is 1740. The molecule has 2 aromatic heterocycles. The zero-order chi connectivity index (χ0) is 26.8. The first-order chi connectivity index (χ1) is 18.3. The number of halogens is 1. The molecule has 2 N–H and O–H groups in total. The van der Waals surface area contributed by atoms with E-state index in [9.17, 15) is 14.4 Å². The maximum Gasteiger partial charge on any atom is 0.341 e. The highest BCUT2D eigenvalue weighted by Gasteiger charge is 2.33. The Balaban J connectivity index is 1.56. The average molecular weight is 611 g/mol. The minimum Gasteiger partial charge on any atom is -0.481 e. The zero-order valence-electron chi connectivity index (χ0n) is 19.9. The van der Waals surface area contributed by atoms with E-state index in [0.717, 1.165) is 10.4 Å². The molecule has 1 amide bonds. The molecule has 8 nitrogen and oxygen atoms in total. The lowest BCUT2D eigenvalue weighted by atomic mass is 10.0. The molecule has 38 heavy (non-hydrogen) atoms. The monoisotopic (exact) mass is 609 g/mol. The molecule has 2 aromatic carbocycles. The first-order valence-electron chi connectivity index (χ1n) is 11.4. The summed E-state index contributed by atoms with van der Waals surface area (Å²) in [6.07, 6.45) is 1.74. The smallest absolute Gasteiger partial charge is 0.341 e. The number of amides is 1. The van der Waals surface area contributed by atoms with Crippen LogP contribution in [0.2, 0.25) is 0 Å². The highest BCUT2D eigenvalue weighted by Crippen LogP contribution is 2.33. The van der Waals surface area contributed by atoms with Crippen LogP contribution in [-0.2, 0) is 9.59 Å². The Morgan fingerprint density at radius 1 is 1.18 bits per heavy atom. The molecule has 0 spiro atoms. The zero-order valence-corrected chi connectivity index (χ0v) is 23.1. The number of nitrogens with one attached hydrogen (secondary N) is 1. The summed E-state index contributed by atoms with van der Waals surface area (Å²) in [7, 11) is 0. The van der Waals surface area contributed by atoms with Gasteiger partial charge in [-0.25, -0.2) is 9.79 Å². The van der Waals surface area contributed by atoms with E-state index in [2.05, 4.69) is 26.2 Å². The fourth-order valence-corrected chi connectivity index (χ4v) is 6.44. The normalized spacial score (nSPS) is 15.1. The number of para-hydroxylation sites is 1. The average Bonchev–Trinajstić information content (AvgIpc) is 3.52. The summed E-state index contributed by atoms with van der Waals surface area (Å²) in [6, 6.07) is 17.5. The second-order valence-electron chi connectivity index (χ2n) is 8.29. The molecule has 0 bridgehead atoms. The molecular formula is C27H20BrN3O5S2. The number of thiophene rings is 1. The molecule has 5 rings (SSSR count). The largest absolute Gasteiger partial charge is 0.481 e. The van der Waals surface area contributed by atoms with Crippen molar-refractivity contribution in [1.82, 2.24) is 4.57 Å². The van der Waals surface area contributed by atoms with Crippen molar-refractivity contribution in [1.29, 1.82) is 0 Å². The third-order valence-electron chi connectivity index (χ3n) is 5.72. The standard InChI is InChI=1S/C27H20BrN3O5S2/c1-15-23(25(34)30-17-6-3-2-4-7-17)24(20-8-5-11-37-20)31-26(35)21(38-27(31)29-15)13-16-9-10-19(18(28)12-16)36-14-22(32)33/h2-13,24H,14H2,1H3,(H,30,34)(H,32,33)/t24-/m1/s1. The molecule has 1 aliphatic rings. The molecule has 1 atom stereocenters. The number of allylic oxidation sites excluding steroid dienone is 1. The van der Waals surface area contributed by atoms with Crippen molar-refractivity contribution in [3.05, 3.63) is 112 Å². The molecule has 1 aliphatic heterocycles. The Kier molecular flexibility index (Phi) is 7.41. The van der Waals surface area contributed by atoms with E-state index in [1.54, 1.807) is 47.9 Å². The van der Waals surface area contributed by atoms with Gasteiger partial charge in [0.05, 0.1) is 20.3 Å². The van der Waals surface area contributed by atoms with Crippen LogP contribution in [0.1, 0.15) is 23.4 Å². The van der Waals surface area contributed by atoms with Gasteiger partial charge in [0.2, 0.25) is 0 Å². The quantitative estimate of drug-likeness (QED) is 0.327. The van der Waals surface area contributed by atoms with Gasteiger partial charge in [-0.05, 0) is 70.2 Å². The summed E-state index contributed by atoms with van der Waals surface area (Å²) in [5.41, 5.74) is 2.08. The van der Waals surface area contributed by atoms with Crippen molar-refractivity contribution in [2.45, 2.75) is 13.0 Å². The molecule has 0 saturated heterocycles. The number of fused-ring (bicyclic) bond motifs is 1. The van der Waals surface area contributed by atoms with Crippen molar-refractivity contribution in [3.8, 4) is 5.75 Å². The summed E-state index contributed by atoms with van der Waals surface area (Å²) >= 11 is 6.11. The number of aliphatic carboxylic acids is 1. The van der Waals surface area contributed by atoms with E-state index >= 15 is 0 Å². The number of nitrogens with zero attached hydrogens (tertiary/aromatic N) is 2. The van der Waals surface area contributed by atoms with Crippen LogP contribution in [-0.4, -0.2) is 28.2 Å². The molecule has 0 unspecified atom stereocenters. The molecule has 192 valence electrons. The number of carbonyl (C=O) groups excluding carboxylic acids is 1. The van der Waals surface area contributed by atoms with Crippen LogP contribution in [0.15, 0.2) is 91.6 Å². The summed E-state index contributed by atoms with van der Waals surface area (Å²) in [5, 5.41) is 13.7. The summed E-state index contributed by atoms with van der Waals surface area (Å²) in [6.45, 7) is 1.32. The molecule has 0 radical (unpaired) electrons. The minimum atomic E-state index is -1.07. The number of benzene rings is 2. The summed E-state index contributed by atoms with van der Waals surface area (Å²) < 4.78 is 7.85. The first kappa shape index (κ1) is 25.8. The second-order valence-corrected chi connectivity index (χ2v) is 11.1. The van der Waals surface area contributed by atoms with Gasteiger partial charge < -0.3 is 15.2 Å². The molecule has 11 heteroatoms. The lowest BCUT2D eigenvalue weighted by Gasteiger charge is -2.24. The first-order valence-corrected chi connectivity index (χ1v) is 13.9. The Labute approximate surface area is 233 Å². The van der Waals surface area contributed by atoms with Crippen LogP contribution in [0.5, 0.6) is 5.75 Å². The number of rotatable bonds is 7. The molecule has 0 fully saturated rings. The van der Waals surface area contributed by atoms with Crippen LogP contribution < -0.4 is 24.9 Å². The fraction of sp³-hybridized carbons (Fsp3) is 0.111. The van der Waals surface area contributed by atoms with Gasteiger partial charge in [-0.1, -0.05) is 41.7 Å². The SMILES string of the molecule is CC1=C(C(=O)Nc2ccccc2)[C@@H](c2cccs2)n2c(sc(=Cc3ccc(OCC(=O)O)c(Br)c3)c2=O)=N1. The van der Waals surface area contributed by atoms with Crippen LogP contribution in [0.25, 0.3) is 6.08 Å². The lowest BCUT2D eigenvalue weighted by Crippen LogP contribution is -2.40. The fourth-order valence-electron chi connectivity index (χ4n) is 4.06. The Morgan fingerprint density at radius 3 is 2.66 bits per heavy atom. The molecule has 0 aliphatic carbocycles. The summed E-state index contributed by atoms with van der Waals surface area (Å²) in [4.78, 5) is 44.0. The van der Waals surface area contributed by atoms with E-state index < -0.39 is 18.6 Å². The van der Waals surface area contributed by atoms with E-state index in [-0.39, 0.29) is 11.5 Å². The molecule has 0 saturated carbocycles. The van der Waals surface area contributed by atoms with Gasteiger partial charge in [-0.3, -0.25) is 14.2 Å². The van der Waals surface area contributed by atoms with E-state index in [1.807, 2.05) is 35.7 Å². The summed E-state index contributed by atoms with van der Waals surface area (Å²) in [5.74, 6) is -1.01. The van der Waals surface area contributed by atoms with E-state index in [1.165, 1.54) is 22.7 Å². The number of thiazole rings is 1. The van der Waals surface area contributed by atoms with Crippen molar-refractivity contribution < 1.29 is 19.4 Å². The predicted octanol–water partition coefficient (Wildman–Crippen LogP) is 4.16. The number of anilines is 1. The van der Waals surface area contributed by atoms with Crippen LogP contribution >= 0.6 is 38.6 Å². The van der Waals surface area contributed by atoms with Gasteiger partial charge >= 0.3 is 5.97 Å². The van der Waals surface area contributed by atoms with E-state index in [0.29, 0.717) is 36.5 Å². The highest BCUT2D eigenvalue weighted by molar-refractivity contribution is 9.10. The molecule has 4 aromatic rings. The van der Waals surface area contributed by atoms with Crippen LogP contribution in [0, 0.1) is 0 Å². The molecular weight excluding hydrogens is 590 g/mol. The van der Waals surface area contributed by atoms with Gasteiger partial charge in [-0.2, -0.15) is 0 Å². The maximum absolute atomic E-state index is 13.7. The number of hydrogen-bond acceptors (Lipinski definition) is 7. The molecule has 3 heterocycles. The number of hydrogen-bond donors (Lipinski definition) is 2. The van der Waals surface area contributed by atoms with Crippen molar-refractivity contribution in [2.24, 2.45) is 4.99 Å². The number of carboxylic acid groups (broad SMARTS) is 1. The third kappa shape index (κ3) is 5.26. The Morgan fingerprint density at radius 2 is 1.97 bits per heavy atom. The van der Waals surface area contributed by atoms with Crippen molar-refractivity contribution in [2.75, 3.05) is 11.9 Å². The van der Waals surface area contributed by atoms with E-state index in [4.69, 9.17) is 9.84 Å². The minimum absolute atomic E-state index is 0.257. The predicted molar refractivity (Wildman–Crippen MR) is 150 cm³/mol. The lowest BCUT2D eigenvalue weighted by molar-refractivity contribution is -0.139. The Hall–Kier alpha value is -3.80. The second kappa shape index (κ2) is 10.9. The van der Waals surface area contributed by atoms with Gasteiger partial charge in [0.1, 0.15) is 11.8 Å². The number of aromatic nitrogens is 1. The maximum atomic E-state index is 13.7. The number of carbonyl (C=O) groups is 2. The number of ether oxygens (including phenoxy) is 1. The van der Waals surface area contributed by atoms with Gasteiger partial charge in [-0.15, -0.1) is 11.3 Å². The topological polar surface area (TPSA) is 110 Å².